The zero-order chi connectivity index (χ0) is 18.5. The Labute approximate surface area is 155 Å². The fourth-order valence-electron chi connectivity index (χ4n) is 2.90. The van der Waals surface area contributed by atoms with Gasteiger partial charge in [0, 0.05) is 29.5 Å². The lowest BCUT2D eigenvalue weighted by Crippen LogP contribution is -2.34. The molecule has 0 radical (unpaired) electrons. The topological polar surface area (TPSA) is 81.4 Å². The lowest BCUT2D eigenvalue weighted by atomic mass is 10.1. The first-order chi connectivity index (χ1) is 12.5. The van der Waals surface area contributed by atoms with Gasteiger partial charge in [0.2, 0.25) is 11.8 Å². The smallest absolute Gasteiger partial charge is 0.232 e. The maximum atomic E-state index is 12.3. The number of ether oxygens (including phenoxy) is 1. The molecule has 3 rings (SSSR count). The molecule has 1 aliphatic heterocycles. The average molecular weight is 376 g/mol. The number of hydrogen-bond donors (Lipinski definition) is 1. The molecule has 2 atom stereocenters. The number of amides is 1. The number of benzene rings is 1. The van der Waals surface area contributed by atoms with E-state index in [1.165, 1.54) is 0 Å². The summed E-state index contributed by atoms with van der Waals surface area (Å²) in [6, 6.07) is 7.87. The van der Waals surface area contributed by atoms with Crippen molar-refractivity contribution in [1.29, 1.82) is 0 Å². The largest absolute Gasteiger partial charge is 0.441 e. The first-order valence-electron chi connectivity index (χ1n) is 8.78. The monoisotopic (exact) mass is 376 g/mol. The highest BCUT2D eigenvalue weighted by molar-refractivity contribution is 7.84. The number of hydrogen-bond acceptors (Lipinski definition) is 5. The first-order valence-corrected chi connectivity index (χ1v) is 10.3. The van der Waals surface area contributed by atoms with Crippen LogP contribution in [-0.4, -0.2) is 40.1 Å². The highest BCUT2D eigenvalue weighted by Gasteiger charge is 2.18. The summed E-state index contributed by atoms with van der Waals surface area (Å²) >= 11 is 0. The van der Waals surface area contributed by atoms with Crippen LogP contribution in [0.1, 0.15) is 29.9 Å². The standard InChI is InChI=1S/C19H24N2O4S/c1-13-5-3-6-15(9-13)19-21-17(14(2)25-19)11-26(23)12-18(22)20-10-16-7-4-8-24-16/h3,5-6,9,16H,4,7-8,10-12H2,1-2H3,(H,20,22)/t16-,26-/m0/s1. The average Bonchev–Trinajstić information content (AvgIpc) is 3.23. The molecule has 1 amide bonds. The highest BCUT2D eigenvalue weighted by atomic mass is 32.2. The minimum atomic E-state index is -1.34. The molecule has 1 aromatic carbocycles. The zero-order valence-corrected chi connectivity index (χ0v) is 15.9. The van der Waals surface area contributed by atoms with E-state index in [-0.39, 0.29) is 23.5 Å². The van der Waals surface area contributed by atoms with Gasteiger partial charge in [0.1, 0.15) is 11.5 Å². The van der Waals surface area contributed by atoms with Crippen molar-refractivity contribution in [3.63, 3.8) is 0 Å². The Balaban J connectivity index is 1.54. The SMILES string of the molecule is Cc1cccc(-c2nc(C[S@](=O)CC(=O)NC[C@@H]3CCCO3)c(C)o2)c1. The predicted octanol–water partition coefficient (Wildman–Crippen LogP) is 2.50. The van der Waals surface area contributed by atoms with Gasteiger partial charge in [0.25, 0.3) is 0 Å². The van der Waals surface area contributed by atoms with Crippen molar-refractivity contribution < 1.29 is 18.2 Å². The van der Waals surface area contributed by atoms with Crippen molar-refractivity contribution in [2.45, 2.75) is 38.5 Å². The number of aromatic nitrogens is 1. The molecule has 1 fully saturated rings. The minimum absolute atomic E-state index is 0.0429. The Morgan fingerprint density at radius 3 is 2.96 bits per heavy atom. The zero-order valence-electron chi connectivity index (χ0n) is 15.1. The summed E-state index contributed by atoms with van der Waals surface area (Å²) in [5.41, 5.74) is 2.64. The lowest BCUT2D eigenvalue weighted by molar-refractivity contribution is -0.119. The van der Waals surface area contributed by atoms with Gasteiger partial charge in [0.15, 0.2) is 0 Å². The van der Waals surface area contributed by atoms with Gasteiger partial charge in [-0.25, -0.2) is 4.98 Å². The van der Waals surface area contributed by atoms with E-state index < -0.39 is 10.8 Å². The lowest BCUT2D eigenvalue weighted by Gasteiger charge is -2.10. The molecule has 1 saturated heterocycles. The summed E-state index contributed by atoms with van der Waals surface area (Å²) < 4.78 is 23.5. The molecule has 140 valence electrons. The van der Waals surface area contributed by atoms with E-state index in [1.807, 2.05) is 31.2 Å². The second-order valence-electron chi connectivity index (χ2n) is 6.56. The van der Waals surface area contributed by atoms with Crippen molar-refractivity contribution in [3.05, 3.63) is 41.3 Å². The molecule has 1 N–H and O–H groups in total. The molecule has 1 aromatic heterocycles. The summed E-state index contributed by atoms with van der Waals surface area (Å²) in [5.74, 6) is 1.09. The van der Waals surface area contributed by atoms with Gasteiger partial charge in [-0.1, -0.05) is 17.7 Å². The number of nitrogens with zero attached hydrogens (tertiary/aromatic N) is 1. The first kappa shape index (κ1) is 18.8. The van der Waals surface area contributed by atoms with E-state index in [1.54, 1.807) is 6.92 Å². The third-order valence-electron chi connectivity index (χ3n) is 4.30. The fraction of sp³-hybridized carbons (Fsp3) is 0.474. The van der Waals surface area contributed by atoms with Crippen LogP contribution in [0, 0.1) is 13.8 Å². The number of oxazole rings is 1. The fourth-order valence-corrected chi connectivity index (χ4v) is 3.97. The van der Waals surface area contributed by atoms with E-state index in [9.17, 15) is 9.00 Å². The van der Waals surface area contributed by atoms with E-state index in [4.69, 9.17) is 9.15 Å². The Hall–Kier alpha value is -1.99. The van der Waals surface area contributed by atoms with Gasteiger partial charge < -0.3 is 14.5 Å². The number of carbonyl (C=O) groups excluding carboxylic acids is 1. The van der Waals surface area contributed by atoms with E-state index in [0.29, 0.717) is 23.9 Å². The third kappa shape index (κ3) is 5.02. The van der Waals surface area contributed by atoms with Crippen LogP contribution < -0.4 is 5.32 Å². The molecule has 7 heteroatoms. The summed E-state index contributed by atoms with van der Waals surface area (Å²) in [7, 11) is -1.34. The van der Waals surface area contributed by atoms with Crippen LogP contribution in [0.25, 0.3) is 11.5 Å². The maximum absolute atomic E-state index is 12.3. The van der Waals surface area contributed by atoms with Crippen LogP contribution in [-0.2, 0) is 26.1 Å². The number of aryl methyl sites for hydroxylation is 2. The minimum Gasteiger partial charge on any atom is -0.441 e. The molecular formula is C19H24N2O4S. The molecule has 0 unspecified atom stereocenters. The molecule has 0 aliphatic carbocycles. The van der Waals surface area contributed by atoms with Gasteiger partial charge in [-0.05, 0) is 38.8 Å². The van der Waals surface area contributed by atoms with Crippen molar-refractivity contribution in [1.82, 2.24) is 10.3 Å². The number of carbonyl (C=O) groups is 1. The van der Waals surface area contributed by atoms with Crippen molar-refractivity contribution in [2.24, 2.45) is 0 Å². The second kappa shape index (κ2) is 8.60. The molecule has 1 aliphatic rings. The van der Waals surface area contributed by atoms with E-state index in [0.717, 1.165) is 30.6 Å². The quantitative estimate of drug-likeness (QED) is 0.803. The Bertz CT molecular complexity index is 797. The molecule has 6 nitrogen and oxygen atoms in total. The maximum Gasteiger partial charge on any atom is 0.232 e. The Morgan fingerprint density at radius 1 is 1.38 bits per heavy atom. The summed E-state index contributed by atoms with van der Waals surface area (Å²) in [6.45, 7) is 5.04. The predicted molar refractivity (Wildman–Crippen MR) is 100 cm³/mol. The molecule has 2 aromatic rings. The molecular weight excluding hydrogens is 352 g/mol. The molecule has 2 heterocycles. The van der Waals surface area contributed by atoms with Crippen LogP contribution in [0.5, 0.6) is 0 Å². The third-order valence-corrected chi connectivity index (χ3v) is 5.48. The van der Waals surface area contributed by atoms with Crippen LogP contribution >= 0.6 is 0 Å². The Kier molecular flexibility index (Phi) is 6.21. The van der Waals surface area contributed by atoms with Gasteiger partial charge in [-0.15, -0.1) is 0 Å². The summed E-state index contributed by atoms with van der Waals surface area (Å²) in [4.78, 5) is 16.4. The van der Waals surface area contributed by atoms with Gasteiger partial charge >= 0.3 is 0 Å². The summed E-state index contributed by atoms with van der Waals surface area (Å²) in [6.07, 6.45) is 2.08. The van der Waals surface area contributed by atoms with Gasteiger partial charge in [0.05, 0.1) is 17.6 Å². The van der Waals surface area contributed by atoms with Crippen LogP contribution in [0.4, 0.5) is 0 Å². The van der Waals surface area contributed by atoms with E-state index in [2.05, 4.69) is 10.3 Å². The van der Waals surface area contributed by atoms with Gasteiger partial charge in [-0.3, -0.25) is 9.00 Å². The molecule has 26 heavy (non-hydrogen) atoms. The summed E-state index contributed by atoms with van der Waals surface area (Å²) in [5, 5.41) is 2.79. The number of rotatable bonds is 7. The highest BCUT2D eigenvalue weighted by Crippen LogP contribution is 2.23. The molecule has 0 bridgehead atoms. The van der Waals surface area contributed by atoms with Crippen LogP contribution in [0.15, 0.2) is 28.7 Å². The molecule has 0 saturated carbocycles. The van der Waals surface area contributed by atoms with Crippen molar-refractivity contribution in [2.75, 3.05) is 18.9 Å². The van der Waals surface area contributed by atoms with Crippen molar-refractivity contribution >= 4 is 16.7 Å². The van der Waals surface area contributed by atoms with E-state index >= 15 is 0 Å². The van der Waals surface area contributed by atoms with Crippen LogP contribution in [0.3, 0.4) is 0 Å². The van der Waals surface area contributed by atoms with Crippen molar-refractivity contribution in [3.8, 4) is 11.5 Å². The normalized spacial score (nSPS) is 18.0. The van der Waals surface area contributed by atoms with Crippen LogP contribution in [0.2, 0.25) is 0 Å². The molecule has 0 spiro atoms. The van der Waals surface area contributed by atoms with Gasteiger partial charge in [-0.2, -0.15) is 0 Å². The number of nitrogens with one attached hydrogen (secondary N) is 1. The Morgan fingerprint density at radius 2 is 2.23 bits per heavy atom. The second-order valence-corrected chi connectivity index (χ2v) is 8.02.